The van der Waals surface area contributed by atoms with E-state index in [1.165, 1.54) is 0 Å². The summed E-state index contributed by atoms with van der Waals surface area (Å²) in [5.74, 6) is 1.12. The molecular formula is C24H29ClN4O3. The van der Waals surface area contributed by atoms with Gasteiger partial charge in [0.05, 0.1) is 29.7 Å². The Morgan fingerprint density at radius 1 is 1.25 bits per heavy atom. The van der Waals surface area contributed by atoms with Gasteiger partial charge in [-0.3, -0.25) is 9.36 Å². The van der Waals surface area contributed by atoms with Crippen LogP contribution in [0.2, 0.25) is 5.02 Å². The summed E-state index contributed by atoms with van der Waals surface area (Å²) < 4.78 is 6.97. The van der Waals surface area contributed by atoms with Crippen molar-refractivity contribution >= 4 is 34.2 Å². The van der Waals surface area contributed by atoms with Crippen molar-refractivity contribution in [2.45, 2.75) is 46.2 Å². The van der Waals surface area contributed by atoms with Crippen molar-refractivity contribution in [2.24, 2.45) is 0 Å². The predicted octanol–water partition coefficient (Wildman–Crippen LogP) is 5.47. The number of ether oxygens (including phenoxy) is 1. The maximum Gasteiger partial charge on any atom is 0.322 e. The van der Waals surface area contributed by atoms with E-state index in [1.807, 2.05) is 26.0 Å². The van der Waals surface area contributed by atoms with Crippen LogP contribution in [0.5, 0.6) is 5.75 Å². The SMILES string of the molecule is CCCCN(C(=O)Nc1ccccc1OC)C(C)c1nc2ccc(Cl)cc2c(=O)n1CC. The first kappa shape index (κ1) is 23.6. The highest BCUT2D eigenvalue weighted by Crippen LogP contribution is 2.26. The third-order valence-corrected chi connectivity index (χ3v) is 5.70. The highest BCUT2D eigenvalue weighted by molar-refractivity contribution is 6.31. The van der Waals surface area contributed by atoms with Crippen molar-refractivity contribution < 1.29 is 9.53 Å². The molecule has 3 rings (SSSR count). The molecule has 32 heavy (non-hydrogen) atoms. The normalized spacial score (nSPS) is 11.9. The molecule has 7 nitrogen and oxygen atoms in total. The van der Waals surface area contributed by atoms with Crippen LogP contribution in [0.3, 0.4) is 0 Å². The lowest BCUT2D eigenvalue weighted by Gasteiger charge is -2.30. The number of carbonyl (C=O) groups excluding carboxylic acids is 1. The topological polar surface area (TPSA) is 76.5 Å². The van der Waals surface area contributed by atoms with Crippen LogP contribution < -0.4 is 15.6 Å². The fourth-order valence-electron chi connectivity index (χ4n) is 3.71. The van der Waals surface area contributed by atoms with Crippen LogP contribution >= 0.6 is 11.6 Å². The van der Waals surface area contributed by atoms with Crippen LogP contribution in [-0.4, -0.2) is 34.1 Å². The molecule has 0 fully saturated rings. The van der Waals surface area contributed by atoms with Gasteiger partial charge in [-0.25, -0.2) is 9.78 Å². The minimum atomic E-state index is -0.427. The maximum absolute atomic E-state index is 13.3. The number of anilines is 1. The van der Waals surface area contributed by atoms with Gasteiger partial charge in [0.1, 0.15) is 11.6 Å². The Hall–Kier alpha value is -3.06. The summed E-state index contributed by atoms with van der Waals surface area (Å²) in [5, 5.41) is 3.90. The smallest absolute Gasteiger partial charge is 0.322 e. The number of nitrogens with zero attached hydrogens (tertiary/aromatic N) is 3. The number of unbranched alkanes of at least 4 members (excludes halogenated alkanes) is 1. The lowest BCUT2D eigenvalue weighted by molar-refractivity contribution is 0.187. The molecule has 0 aliphatic heterocycles. The van der Waals surface area contributed by atoms with E-state index in [-0.39, 0.29) is 11.6 Å². The van der Waals surface area contributed by atoms with Crippen LogP contribution in [0.15, 0.2) is 47.3 Å². The molecule has 0 aliphatic carbocycles. The van der Waals surface area contributed by atoms with Gasteiger partial charge in [0.25, 0.3) is 5.56 Å². The number of fused-ring (bicyclic) bond motifs is 1. The highest BCUT2D eigenvalue weighted by atomic mass is 35.5. The number of hydrogen-bond acceptors (Lipinski definition) is 4. The molecule has 0 saturated carbocycles. The van der Waals surface area contributed by atoms with Gasteiger partial charge in [-0.15, -0.1) is 0 Å². The third-order valence-electron chi connectivity index (χ3n) is 5.47. The molecule has 1 aromatic heterocycles. The van der Waals surface area contributed by atoms with E-state index in [9.17, 15) is 9.59 Å². The van der Waals surface area contributed by atoms with Gasteiger partial charge in [0.15, 0.2) is 0 Å². The van der Waals surface area contributed by atoms with Crippen molar-refractivity contribution in [1.82, 2.24) is 14.5 Å². The quantitative estimate of drug-likeness (QED) is 0.487. The molecule has 0 spiro atoms. The minimum absolute atomic E-state index is 0.164. The third kappa shape index (κ3) is 4.88. The van der Waals surface area contributed by atoms with Crippen LogP contribution in [0, 0.1) is 0 Å². The van der Waals surface area contributed by atoms with E-state index >= 15 is 0 Å². The van der Waals surface area contributed by atoms with Crippen LogP contribution in [-0.2, 0) is 6.54 Å². The number of para-hydroxylation sites is 2. The standard InChI is InChI=1S/C24H29ClN4O3/c1-5-7-14-29(24(31)27-20-10-8-9-11-21(20)32-4)16(3)22-26-19-13-12-17(25)15-18(19)23(30)28(22)6-2/h8-13,15-16H,5-7,14H2,1-4H3,(H,27,31). The molecule has 1 N–H and O–H groups in total. The summed E-state index contributed by atoms with van der Waals surface area (Å²) in [4.78, 5) is 32.9. The zero-order chi connectivity index (χ0) is 23.3. The molecule has 8 heteroatoms. The molecule has 0 radical (unpaired) electrons. The molecule has 170 valence electrons. The van der Waals surface area contributed by atoms with Gasteiger partial charge < -0.3 is 15.0 Å². The van der Waals surface area contributed by atoms with E-state index in [1.54, 1.807) is 46.9 Å². The second-order valence-corrected chi connectivity index (χ2v) is 7.97. The highest BCUT2D eigenvalue weighted by Gasteiger charge is 2.26. The summed E-state index contributed by atoms with van der Waals surface area (Å²) in [6.07, 6.45) is 1.75. The Kier molecular flexibility index (Phi) is 7.75. The zero-order valence-electron chi connectivity index (χ0n) is 18.9. The number of nitrogens with one attached hydrogen (secondary N) is 1. The first-order valence-electron chi connectivity index (χ1n) is 10.8. The van der Waals surface area contributed by atoms with Crippen molar-refractivity contribution in [1.29, 1.82) is 0 Å². The molecule has 1 heterocycles. The van der Waals surface area contributed by atoms with E-state index in [2.05, 4.69) is 12.2 Å². The Morgan fingerprint density at radius 3 is 2.69 bits per heavy atom. The number of hydrogen-bond donors (Lipinski definition) is 1. The Morgan fingerprint density at radius 2 is 2.00 bits per heavy atom. The summed E-state index contributed by atoms with van der Waals surface area (Å²) in [6.45, 7) is 6.82. The summed E-state index contributed by atoms with van der Waals surface area (Å²) >= 11 is 6.09. The van der Waals surface area contributed by atoms with E-state index < -0.39 is 6.04 Å². The number of halogens is 1. The molecule has 2 amide bonds. The zero-order valence-corrected chi connectivity index (χ0v) is 19.6. The van der Waals surface area contributed by atoms with Crippen molar-refractivity contribution in [3.63, 3.8) is 0 Å². The Balaban J connectivity index is 2.02. The average Bonchev–Trinajstić information content (AvgIpc) is 2.79. The number of aromatic nitrogens is 2. The maximum atomic E-state index is 13.3. The first-order chi connectivity index (χ1) is 15.4. The van der Waals surface area contributed by atoms with Gasteiger partial charge in [-0.05, 0) is 50.6 Å². The number of carbonyl (C=O) groups is 1. The molecule has 1 atom stereocenters. The van der Waals surface area contributed by atoms with Gasteiger partial charge >= 0.3 is 6.03 Å². The second kappa shape index (κ2) is 10.5. The van der Waals surface area contributed by atoms with Crippen LogP contribution in [0.4, 0.5) is 10.5 Å². The van der Waals surface area contributed by atoms with Crippen LogP contribution in [0.25, 0.3) is 10.9 Å². The molecule has 0 saturated heterocycles. The van der Waals surface area contributed by atoms with Gasteiger partial charge in [-0.1, -0.05) is 37.1 Å². The fraction of sp³-hybridized carbons (Fsp3) is 0.375. The minimum Gasteiger partial charge on any atom is -0.495 e. The first-order valence-corrected chi connectivity index (χ1v) is 11.2. The van der Waals surface area contributed by atoms with Crippen molar-refractivity contribution in [2.75, 3.05) is 19.0 Å². The van der Waals surface area contributed by atoms with E-state index in [0.29, 0.717) is 46.3 Å². The monoisotopic (exact) mass is 456 g/mol. The van der Waals surface area contributed by atoms with E-state index in [0.717, 1.165) is 12.8 Å². The average molecular weight is 457 g/mol. The second-order valence-electron chi connectivity index (χ2n) is 7.53. The fourth-order valence-corrected chi connectivity index (χ4v) is 3.88. The Bertz CT molecular complexity index is 1160. The molecule has 1 unspecified atom stereocenters. The largest absolute Gasteiger partial charge is 0.495 e. The number of rotatable bonds is 8. The van der Waals surface area contributed by atoms with E-state index in [4.69, 9.17) is 21.3 Å². The summed E-state index contributed by atoms with van der Waals surface area (Å²) in [6, 6.07) is 11.6. The van der Waals surface area contributed by atoms with Gasteiger partial charge in [0.2, 0.25) is 0 Å². The predicted molar refractivity (Wildman–Crippen MR) is 129 cm³/mol. The van der Waals surface area contributed by atoms with Crippen LogP contribution in [0.1, 0.15) is 45.5 Å². The lowest BCUT2D eigenvalue weighted by Crippen LogP contribution is -2.40. The number of methoxy groups -OCH3 is 1. The Labute approximate surface area is 193 Å². The molecule has 0 bridgehead atoms. The van der Waals surface area contributed by atoms with Gasteiger partial charge in [-0.2, -0.15) is 0 Å². The van der Waals surface area contributed by atoms with Gasteiger partial charge in [0, 0.05) is 18.1 Å². The van der Waals surface area contributed by atoms with Crippen molar-refractivity contribution in [3.05, 3.63) is 63.7 Å². The molecular weight excluding hydrogens is 428 g/mol. The van der Waals surface area contributed by atoms with Crippen molar-refractivity contribution in [3.8, 4) is 5.75 Å². The number of urea groups is 1. The molecule has 2 aromatic carbocycles. The number of benzene rings is 2. The summed E-state index contributed by atoms with van der Waals surface area (Å²) in [7, 11) is 1.56. The number of amides is 2. The lowest BCUT2D eigenvalue weighted by atomic mass is 10.2. The molecule has 3 aromatic rings. The summed E-state index contributed by atoms with van der Waals surface area (Å²) in [5.41, 5.74) is 0.983. The molecule has 0 aliphatic rings.